The number of primary amides is 1. The summed E-state index contributed by atoms with van der Waals surface area (Å²) in [6, 6.07) is 0.204. The first-order valence-electron chi connectivity index (χ1n) is 7.57. The minimum Gasteiger partial charge on any atom is -0.369 e. The van der Waals surface area contributed by atoms with Crippen molar-refractivity contribution in [3.63, 3.8) is 0 Å². The lowest BCUT2D eigenvalue weighted by molar-refractivity contribution is -0.131. The van der Waals surface area contributed by atoms with Gasteiger partial charge in [0.15, 0.2) is 0 Å². The molecule has 6 heteroatoms. The summed E-state index contributed by atoms with van der Waals surface area (Å²) >= 11 is 0. The number of carbonyl (C=O) groups excluding carboxylic acids is 2. The molecule has 5 N–H and O–H groups in total. The molecule has 1 aliphatic heterocycles. The summed E-state index contributed by atoms with van der Waals surface area (Å²) in [4.78, 5) is 25.4. The maximum absolute atomic E-state index is 12.4. The molecule has 2 fully saturated rings. The van der Waals surface area contributed by atoms with E-state index in [1.54, 1.807) is 0 Å². The molecule has 0 spiro atoms. The third-order valence-electron chi connectivity index (χ3n) is 4.74. The molecule has 1 saturated heterocycles. The lowest BCUT2D eigenvalue weighted by Crippen LogP contribution is -2.51. The summed E-state index contributed by atoms with van der Waals surface area (Å²) in [5, 5.41) is 3.16. The van der Waals surface area contributed by atoms with Crippen molar-refractivity contribution in [3.8, 4) is 0 Å². The van der Waals surface area contributed by atoms with Gasteiger partial charge in [-0.2, -0.15) is 0 Å². The summed E-state index contributed by atoms with van der Waals surface area (Å²) in [5.74, 6) is -0.161. The summed E-state index contributed by atoms with van der Waals surface area (Å²) in [7, 11) is 0. The number of nitrogens with zero attached hydrogens (tertiary/aromatic N) is 1. The Kier molecular flexibility index (Phi) is 4.99. The summed E-state index contributed by atoms with van der Waals surface area (Å²) in [5.41, 5.74) is 10.7. The lowest BCUT2D eigenvalue weighted by atomic mass is 9.84. The molecule has 0 aromatic rings. The van der Waals surface area contributed by atoms with Crippen LogP contribution in [0, 0.1) is 5.41 Å². The van der Waals surface area contributed by atoms with Gasteiger partial charge in [-0.3, -0.25) is 14.5 Å². The first kappa shape index (κ1) is 15.3. The molecule has 1 aliphatic carbocycles. The zero-order chi connectivity index (χ0) is 14.6. The average Bonchev–Trinajstić information content (AvgIpc) is 2.90. The summed E-state index contributed by atoms with van der Waals surface area (Å²) in [6.07, 6.45) is 5.77. The van der Waals surface area contributed by atoms with Crippen LogP contribution in [0.2, 0.25) is 0 Å². The van der Waals surface area contributed by atoms with Crippen LogP contribution in [0.5, 0.6) is 0 Å². The van der Waals surface area contributed by atoms with Crippen molar-refractivity contribution in [2.75, 3.05) is 26.2 Å². The Morgan fingerprint density at radius 1 is 1.20 bits per heavy atom. The fourth-order valence-electron chi connectivity index (χ4n) is 3.37. The van der Waals surface area contributed by atoms with Gasteiger partial charge in [-0.25, -0.2) is 0 Å². The molecule has 0 atom stereocenters. The maximum atomic E-state index is 12.4. The van der Waals surface area contributed by atoms with E-state index >= 15 is 0 Å². The topological polar surface area (TPSA) is 101 Å². The van der Waals surface area contributed by atoms with Crippen LogP contribution in [0.3, 0.4) is 0 Å². The Balaban J connectivity index is 1.80. The Morgan fingerprint density at radius 2 is 1.80 bits per heavy atom. The molecule has 0 unspecified atom stereocenters. The van der Waals surface area contributed by atoms with Crippen LogP contribution in [0.25, 0.3) is 0 Å². The SMILES string of the molecule is NCC1(C(=O)NC2CCN(CC(N)=O)CC2)CCCC1. The highest BCUT2D eigenvalue weighted by molar-refractivity contribution is 5.83. The van der Waals surface area contributed by atoms with E-state index in [-0.39, 0.29) is 23.3 Å². The molecule has 0 radical (unpaired) electrons. The number of nitrogens with two attached hydrogens (primary N) is 2. The predicted octanol–water partition coefficient (Wildman–Crippen LogP) is -0.429. The second-order valence-electron chi connectivity index (χ2n) is 6.18. The fraction of sp³-hybridized carbons (Fsp3) is 0.857. The third kappa shape index (κ3) is 3.49. The second-order valence-corrected chi connectivity index (χ2v) is 6.18. The van der Waals surface area contributed by atoms with E-state index in [1.165, 1.54) is 0 Å². The molecule has 2 aliphatic rings. The Labute approximate surface area is 120 Å². The molecular formula is C14H26N4O2. The van der Waals surface area contributed by atoms with Gasteiger partial charge in [-0.1, -0.05) is 12.8 Å². The van der Waals surface area contributed by atoms with Crippen LogP contribution in [-0.4, -0.2) is 48.9 Å². The van der Waals surface area contributed by atoms with Crippen LogP contribution in [-0.2, 0) is 9.59 Å². The molecule has 0 bridgehead atoms. The van der Waals surface area contributed by atoms with E-state index in [1.807, 2.05) is 4.90 Å². The highest BCUT2D eigenvalue weighted by Crippen LogP contribution is 2.37. The van der Waals surface area contributed by atoms with Crippen LogP contribution in [0.15, 0.2) is 0 Å². The van der Waals surface area contributed by atoms with Gasteiger partial charge in [0.05, 0.1) is 12.0 Å². The number of rotatable bonds is 5. The number of hydrogen-bond donors (Lipinski definition) is 3. The Bertz CT molecular complexity index is 358. The first-order valence-corrected chi connectivity index (χ1v) is 7.57. The quantitative estimate of drug-likeness (QED) is 0.637. The highest BCUT2D eigenvalue weighted by Gasteiger charge is 2.40. The number of piperidine rings is 1. The minimum absolute atomic E-state index is 0.130. The van der Waals surface area contributed by atoms with E-state index in [0.717, 1.165) is 51.6 Å². The van der Waals surface area contributed by atoms with Gasteiger partial charge in [0.25, 0.3) is 0 Å². The van der Waals surface area contributed by atoms with Crippen molar-refractivity contribution < 1.29 is 9.59 Å². The summed E-state index contributed by atoms with van der Waals surface area (Å²) < 4.78 is 0. The van der Waals surface area contributed by atoms with Crippen molar-refractivity contribution in [1.29, 1.82) is 0 Å². The largest absolute Gasteiger partial charge is 0.369 e. The number of hydrogen-bond acceptors (Lipinski definition) is 4. The van der Waals surface area contributed by atoms with Crippen molar-refractivity contribution in [1.82, 2.24) is 10.2 Å². The average molecular weight is 282 g/mol. The zero-order valence-electron chi connectivity index (χ0n) is 12.1. The smallest absolute Gasteiger partial charge is 0.231 e. The highest BCUT2D eigenvalue weighted by atomic mass is 16.2. The molecular weight excluding hydrogens is 256 g/mol. The Hall–Kier alpha value is -1.14. The molecule has 2 rings (SSSR count). The molecule has 114 valence electrons. The molecule has 1 saturated carbocycles. The molecule has 1 heterocycles. The van der Waals surface area contributed by atoms with Crippen molar-refractivity contribution >= 4 is 11.8 Å². The van der Waals surface area contributed by atoms with Gasteiger partial charge in [0.1, 0.15) is 0 Å². The van der Waals surface area contributed by atoms with Gasteiger partial charge in [0, 0.05) is 25.7 Å². The van der Waals surface area contributed by atoms with E-state index in [9.17, 15) is 9.59 Å². The van der Waals surface area contributed by atoms with E-state index < -0.39 is 0 Å². The molecule has 6 nitrogen and oxygen atoms in total. The zero-order valence-corrected chi connectivity index (χ0v) is 12.1. The molecule has 0 aromatic heterocycles. The van der Waals surface area contributed by atoms with Crippen molar-refractivity contribution in [2.45, 2.75) is 44.6 Å². The Morgan fingerprint density at radius 3 is 2.30 bits per heavy atom. The molecule has 2 amide bonds. The fourth-order valence-corrected chi connectivity index (χ4v) is 3.37. The minimum atomic E-state index is -0.329. The van der Waals surface area contributed by atoms with Crippen molar-refractivity contribution in [3.05, 3.63) is 0 Å². The van der Waals surface area contributed by atoms with Crippen LogP contribution >= 0.6 is 0 Å². The van der Waals surface area contributed by atoms with Gasteiger partial charge < -0.3 is 16.8 Å². The van der Waals surface area contributed by atoms with Gasteiger partial charge in [0.2, 0.25) is 11.8 Å². The van der Waals surface area contributed by atoms with Crippen LogP contribution < -0.4 is 16.8 Å². The predicted molar refractivity (Wildman–Crippen MR) is 76.8 cm³/mol. The second kappa shape index (κ2) is 6.54. The molecule has 20 heavy (non-hydrogen) atoms. The standard InChI is InChI=1S/C14H26N4O2/c15-10-14(5-1-2-6-14)13(20)17-11-3-7-18(8-4-11)9-12(16)19/h11H,1-10,15H2,(H2,16,19)(H,17,20). The normalized spacial score (nSPS) is 23.6. The van der Waals surface area contributed by atoms with Crippen LogP contribution in [0.1, 0.15) is 38.5 Å². The van der Waals surface area contributed by atoms with Crippen LogP contribution in [0.4, 0.5) is 0 Å². The lowest BCUT2D eigenvalue weighted by Gasteiger charge is -2.34. The number of likely N-dealkylation sites (tertiary alicyclic amines) is 1. The maximum Gasteiger partial charge on any atom is 0.231 e. The molecule has 0 aromatic carbocycles. The van der Waals surface area contributed by atoms with Crippen molar-refractivity contribution in [2.24, 2.45) is 16.9 Å². The summed E-state index contributed by atoms with van der Waals surface area (Å²) in [6.45, 7) is 2.37. The third-order valence-corrected chi connectivity index (χ3v) is 4.74. The number of carbonyl (C=O) groups is 2. The van der Waals surface area contributed by atoms with E-state index in [0.29, 0.717) is 13.1 Å². The van der Waals surface area contributed by atoms with Gasteiger partial charge in [-0.15, -0.1) is 0 Å². The van der Waals surface area contributed by atoms with E-state index in [4.69, 9.17) is 11.5 Å². The number of amides is 2. The monoisotopic (exact) mass is 282 g/mol. The van der Waals surface area contributed by atoms with Gasteiger partial charge in [-0.05, 0) is 25.7 Å². The number of nitrogens with one attached hydrogen (secondary N) is 1. The van der Waals surface area contributed by atoms with E-state index in [2.05, 4.69) is 5.32 Å². The first-order chi connectivity index (χ1) is 9.55. The van der Waals surface area contributed by atoms with Gasteiger partial charge >= 0.3 is 0 Å².